The molecule has 0 saturated heterocycles. The first-order chi connectivity index (χ1) is 5.16. The predicted octanol–water partition coefficient (Wildman–Crippen LogP) is 0.443. The summed E-state index contributed by atoms with van der Waals surface area (Å²) in [6, 6.07) is 0. The smallest absolute Gasteiger partial charge is 0.230 e. The quantitative estimate of drug-likeness (QED) is 0.617. The number of carbonyl (C=O) groups excluding carboxylic acids is 2. The molecule has 3 nitrogen and oxygen atoms in total. The van der Waals surface area contributed by atoms with E-state index in [2.05, 4.69) is 5.32 Å². The van der Waals surface area contributed by atoms with Crippen molar-refractivity contribution in [3.63, 3.8) is 0 Å². The van der Waals surface area contributed by atoms with Gasteiger partial charge in [0.15, 0.2) is 0 Å². The van der Waals surface area contributed by atoms with Crippen molar-refractivity contribution in [3.05, 3.63) is 0 Å². The van der Waals surface area contributed by atoms with Gasteiger partial charge in [-0.15, -0.1) is 11.8 Å². The Morgan fingerprint density at radius 3 is 2.73 bits per heavy atom. The molecular weight excluding hydrogens is 162 g/mol. The fourth-order valence-corrected chi connectivity index (χ4v) is 1.04. The number of hydrogen-bond acceptors (Lipinski definition) is 3. The van der Waals surface area contributed by atoms with Crippen molar-refractivity contribution < 1.29 is 9.59 Å². The van der Waals surface area contributed by atoms with Crippen molar-refractivity contribution in [2.75, 3.05) is 12.3 Å². The highest BCUT2D eigenvalue weighted by molar-refractivity contribution is 8.00. The van der Waals surface area contributed by atoms with Crippen LogP contribution in [0.3, 0.4) is 0 Å². The van der Waals surface area contributed by atoms with E-state index in [9.17, 15) is 9.59 Å². The van der Waals surface area contributed by atoms with Gasteiger partial charge in [0.05, 0.1) is 12.3 Å². The molecule has 1 N–H and O–H groups in total. The Morgan fingerprint density at radius 2 is 2.27 bits per heavy atom. The molecular formula is C7H13NO2S. The Morgan fingerprint density at radius 1 is 1.64 bits per heavy atom. The summed E-state index contributed by atoms with van der Waals surface area (Å²) in [5, 5.41) is 2.92. The number of thioether (sulfide) groups is 1. The van der Waals surface area contributed by atoms with Crippen LogP contribution >= 0.6 is 11.8 Å². The van der Waals surface area contributed by atoms with E-state index in [1.165, 1.54) is 0 Å². The molecule has 0 aliphatic rings. The molecule has 4 heteroatoms. The van der Waals surface area contributed by atoms with Crippen molar-refractivity contribution in [2.24, 2.45) is 0 Å². The van der Waals surface area contributed by atoms with Crippen LogP contribution in [-0.4, -0.2) is 29.7 Å². The molecule has 11 heavy (non-hydrogen) atoms. The summed E-state index contributed by atoms with van der Waals surface area (Å²) >= 11 is 1.56. The molecule has 0 saturated carbocycles. The average molecular weight is 175 g/mol. The standard InChI is InChI=1S/C7H13NO2S/c1-6(2)11-5-7(10)8-3-4-9/h4,6H,3,5H2,1-2H3,(H,8,10). The highest BCUT2D eigenvalue weighted by atomic mass is 32.2. The second-order valence-electron chi connectivity index (χ2n) is 2.33. The van der Waals surface area contributed by atoms with E-state index in [0.717, 1.165) is 0 Å². The maximum Gasteiger partial charge on any atom is 0.230 e. The summed E-state index contributed by atoms with van der Waals surface area (Å²) in [6.07, 6.45) is 0.679. The third-order valence-electron chi connectivity index (χ3n) is 0.930. The van der Waals surface area contributed by atoms with E-state index in [4.69, 9.17) is 0 Å². The topological polar surface area (TPSA) is 46.2 Å². The lowest BCUT2D eigenvalue weighted by Crippen LogP contribution is -2.27. The average Bonchev–Trinajstić information content (AvgIpc) is 1.97. The largest absolute Gasteiger partial charge is 0.349 e. The van der Waals surface area contributed by atoms with Crippen molar-refractivity contribution >= 4 is 24.0 Å². The summed E-state index contributed by atoms with van der Waals surface area (Å²) in [4.78, 5) is 20.6. The SMILES string of the molecule is CC(C)SCC(=O)NCC=O. The van der Waals surface area contributed by atoms with Crippen molar-refractivity contribution in [2.45, 2.75) is 19.1 Å². The van der Waals surface area contributed by atoms with E-state index >= 15 is 0 Å². The van der Waals surface area contributed by atoms with Gasteiger partial charge in [-0.05, 0) is 5.25 Å². The minimum atomic E-state index is -0.0733. The van der Waals surface area contributed by atoms with Crippen LogP contribution < -0.4 is 5.32 Å². The molecule has 0 aromatic heterocycles. The first kappa shape index (κ1) is 10.5. The molecule has 0 heterocycles. The van der Waals surface area contributed by atoms with Crippen LogP contribution in [0.1, 0.15) is 13.8 Å². The lowest BCUT2D eigenvalue weighted by atomic mass is 10.6. The van der Waals surface area contributed by atoms with Gasteiger partial charge < -0.3 is 10.1 Å². The zero-order chi connectivity index (χ0) is 8.69. The van der Waals surface area contributed by atoms with Crippen LogP contribution in [0.5, 0.6) is 0 Å². The summed E-state index contributed by atoms with van der Waals surface area (Å²) in [5.41, 5.74) is 0. The van der Waals surface area contributed by atoms with E-state index in [0.29, 0.717) is 17.3 Å². The van der Waals surface area contributed by atoms with Crippen LogP contribution in [-0.2, 0) is 9.59 Å². The second-order valence-corrected chi connectivity index (χ2v) is 3.90. The molecule has 0 aliphatic carbocycles. The Bertz CT molecular complexity index is 136. The highest BCUT2D eigenvalue weighted by Crippen LogP contribution is 2.07. The van der Waals surface area contributed by atoms with Gasteiger partial charge in [0.25, 0.3) is 0 Å². The van der Waals surface area contributed by atoms with Gasteiger partial charge in [0.1, 0.15) is 6.29 Å². The van der Waals surface area contributed by atoms with Gasteiger partial charge in [0.2, 0.25) is 5.91 Å². The number of aldehydes is 1. The Hall–Kier alpha value is -0.510. The van der Waals surface area contributed by atoms with Crippen LogP contribution in [0.2, 0.25) is 0 Å². The van der Waals surface area contributed by atoms with Crippen molar-refractivity contribution in [1.29, 1.82) is 0 Å². The maximum atomic E-state index is 10.8. The third kappa shape index (κ3) is 7.39. The number of rotatable bonds is 5. The van der Waals surface area contributed by atoms with Crippen LogP contribution in [0.4, 0.5) is 0 Å². The molecule has 0 atom stereocenters. The fourth-order valence-electron chi connectivity index (χ4n) is 0.449. The molecule has 0 rings (SSSR count). The van der Waals surface area contributed by atoms with Gasteiger partial charge in [-0.3, -0.25) is 4.79 Å². The zero-order valence-corrected chi connectivity index (χ0v) is 7.61. The molecule has 0 aromatic carbocycles. The van der Waals surface area contributed by atoms with Gasteiger partial charge in [-0.2, -0.15) is 0 Å². The van der Waals surface area contributed by atoms with Gasteiger partial charge >= 0.3 is 0 Å². The number of hydrogen-bond donors (Lipinski definition) is 1. The number of amides is 1. The maximum absolute atomic E-state index is 10.8. The molecule has 0 aliphatic heterocycles. The molecule has 0 aromatic rings. The van der Waals surface area contributed by atoms with E-state index < -0.39 is 0 Å². The second kappa shape index (κ2) is 6.22. The van der Waals surface area contributed by atoms with Crippen LogP contribution in [0.15, 0.2) is 0 Å². The van der Waals surface area contributed by atoms with Crippen LogP contribution in [0, 0.1) is 0 Å². The van der Waals surface area contributed by atoms with Gasteiger partial charge in [-0.1, -0.05) is 13.8 Å². The highest BCUT2D eigenvalue weighted by Gasteiger charge is 2.01. The van der Waals surface area contributed by atoms with Gasteiger partial charge in [-0.25, -0.2) is 0 Å². The first-order valence-corrected chi connectivity index (χ1v) is 4.53. The predicted molar refractivity (Wildman–Crippen MR) is 46.7 cm³/mol. The minimum Gasteiger partial charge on any atom is -0.349 e. The molecule has 0 radical (unpaired) electrons. The summed E-state index contributed by atoms with van der Waals surface area (Å²) in [5.74, 6) is 0.363. The number of carbonyl (C=O) groups is 2. The summed E-state index contributed by atoms with van der Waals surface area (Å²) in [6.45, 7) is 4.17. The normalized spacial score (nSPS) is 9.73. The summed E-state index contributed by atoms with van der Waals surface area (Å²) < 4.78 is 0. The van der Waals surface area contributed by atoms with E-state index in [-0.39, 0.29) is 12.5 Å². The minimum absolute atomic E-state index is 0.0733. The molecule has 1 amide bonds. The molecule has 0 fully saturated rings. The molecule has 0 bridgehead atoms. The Balaban J connectivity index is 3.29. The van der Waals surface area contributed by atoms with Gasteiger partial charge in [0, 0.05) is 0 Å². The van der Waals surface area contributed by atoms with Crippen molar-refractivity contribution in [3.8, 4) is 0 Å². The summed E-state index contributed by atoms with van der Waals surface area (Å²) in [7, 11) is 0. The monoisotopic (exact) mass is 175 g/mol. The lowest BCUT2D eigenvalue weighted by molar-refractivity contribution is -0.120. The lowest BCUT2D eigenvalue weighted by Gasteiger charge is -2.03. The van der Waals surface area contributed by atoms with E-state index in [1.807, 2.05) is 13.8 Å². The Labute approximate surface area is 70.9 Å². The molecule has 64 valence electrons. The zero-order valence-electron chi connectivity index (χ0n) is 6.79. The first-order valence-electron chi connectivity index (χ1n) is 3.48. The van der Waals surface area contributed by atoms with Crippen molar-refractivity contribution in [1.82, 2.24) is 5.32 Å². The molecule has 0 unspecified atom stereocenters. The third-order valence-corrected chi connectivity index (χ3v) is 2.03. The number of nitrogens with one attached hydrogen (secondary N) is 1. The molecule has 0 spiro atoms. The fraction of sp³-hybridized carbons (Fsp3) is 0.714. The Kier molecular flexibility index (Phi) is 5.93. The van der Waals surface area contributed by atoms with E-state index in [1.54, 1.807) is 11.8 Å². The van der Waals surface area contributed by atoms with Crippen LogP contribution in [0.25, 0.3) is 0 Å².